The highest BCUT2D eigenvalue weighted by atomic mass is 16.6. The molecule has 0 bridgehead atoms. The van der Waals surface area contributed by atoms with Crippen LogP contribution in [0.4, 0.5) is 5.95 Å². The molecule has 2 aromatic heterocycles. The molecule has 0 aliphatic heterocycles. The molecule has 0 spiro atoms. The Balaban J connectivity index is 2.26. The number of fused-ring (bicyclic) bond motifs is 1. The summed E-state index contributed by atoms with van der Waals surface area (Å²) in [5, 5.41) is 18.1. The third-order valence-electron chi connectivity index (χ3n) is 2.25. The van der Waals surface area contributed by atoms with Gasteiger partial charge in [0.15, 0.2) is 17.5 Å². The van der Waals surface area contributed by atoms with Crippen molar-refractivity contribution < 1.29 is 14.9 Å². The van der Waals surface area contributed by atoms with Crippen molar-refractivity contribution in [3.63, 3.8) is 0 Å². The lowest BCUT2D eigenvalue weighted by Crippen LogP contribution is -2.21. The molecule has 0 radical (unpaired) electrons. The van der Waals surface area contributed by atoms with E-state index in [0.29, 0.717) is 0 Å². The molecule has 5 N–H and O–H groups in total. The van der Waals surface area contributed by atoms with Crippen LogP contribution >= 0.6 is 0 Å². The third-order valence-corrected chi connectivity index (χ3v) is 2.25. The van der Waals surface area contributed by atoms with Crippen molar-refractivity contribution in [1.82, 2.24) is 19.5 Å². The van der Waals surface area contributed by atoms with Gasteiger partial charge in [0.2, 0.25) is 5.95 Å². The molecule has 18 heavy (non-hydrogen) atoms. The average molecular weight is 255 g/mol. The van der Waals surface area contributed by atoms with Gasteiger partial charge in [0.05, 0.1) is 26.1 Å². The highest BCUT2D eigenvalue weighted by Gasteiger charge is 2.12. The van der Waals surface area contributed by atoms with Crippen molar-refractivity contribution in [1.29, 1.82) is 0 Å². The monoisotopic (exact) mass is 255 g/mol. The van der Waals surface area contributed by atoms with E-state index < -0.39 is 11.8 Å². The van der Waals surface area contributed by atoms with E-state index in [4.69, 9.17) is 15.6 Å². The number of nitrogen functional groups attached to an aromatic ring is 1. The number of imidazole rings is 1. The highest BCUT2D eigenvalue weighted by Crippen LogP contribution is 2.07. The summed E-state index contributed by atoms with van der Waals surface area (Å²) in [6.07, 6.45) is 0.231. The fraction of sp³-hybridized carbons (Fsp3) is 0.444. The molecular weight excluding hydrogens is 242 g/mol. The van der Waals surface area contributed by atoms with Gasteiger partial charge in [-0.15, -0.1) is 0 Å². The Morgan fingerprint density at radius 2 is 2.39 bits per heavy atom. The van der Waals surface area contributed by atoms with Crippen molar-refractivity contribution >= 4 is 17.1 Å². The van der Waals surface area contributed by atoms with Crippen LogP contribution in [0.5, 0.6) is 0 Å². The second kappa shape index (κ2) is 5.12. The van der Waals surface area contributed by atoms with Crippen molar-refractivity contribution in [3.05, 3.63) is 16.7 Å². The van der Waals surface area contributed by atoms with E-state index in [1.807, 2.05) is 0 Å². The van der Waals surface area contributed by atoms with E-state index in [-0.39, 0.29) is 36.9 Å². The topological polar surface area (TPSA) is 139 Å². The second-order valence-corrected chi connectivity index (χ2v) is 3.57. The van der Waals surface area contributed by atoms with Crippen molar-refractivity contribution in [2.75, 3.05) is 18.9 Å². The maximum absolute atomic E-state index is 11.5. The Bertz CT molecular complexity index is 592. The standard InChI is InChI=1S/C9H13N5O4/c10-9-12-7-6(8(17)13-9)11-4-14(7)3-5(16)18-2-1-15/h4-5,15-16H,1-3H2,(H3,10,12,13,17). The maximum Gasteiger partial charge on any atom is 0.280 e. The quantitative estimate of drug-likeness (QED) is 0.454. The molecule has 2 aromatic rings. The van der Waals surface area contributed by atoms with Crippen molar-refractivity contribution in [3.8, 4) is 0 Å². The fourth-order valence-corrected chi connectivity index (χ4v) is 1.51. The molecule has 0 aliphatic carbocycles. The first-order valence-corrected chi connectivity index (χ1v) is 5.23. The third kappa shape index (κ3) is 2.47. The minimum absolute atomic E-state index is 0.0178. The van der Waals surface area contributed by atoms with Crippen LogP contribution in [0, 0.1) is 0 Å². The molecule has 0 aromatic carbocycles. The lowest BCUT2D eigenvalue weighted by Gasteiger charge is -2.11. The summed E-state index contributed by atoms with van der Waals surface area (Å²) >= 11 is 0. The Morgan fingerprint density at radius 3 is 3.11 bits per heavy atom. The molecule has 0 fully saturated rings. The lowest BCUT2D eigenvalue weighted by atomic mass is 10.5. The van der Waals surface area contributed by atoms with Gasteiger partial charge >= 0.3 is 0 Å². The molecule has 0 amide bonds. The first-order chi connectivity index (χ1) is 8.61. The summed E-state index contributed by atoms with van der Waals surface area (Å²) in [6, 6.07) is 0. The number of rotatable bonds is 5. The van der Waals surface area contributed by atoms with Gasteiger partial charge in [0.25, 0.3) is 5.56 Å². The van der Waals surface area contributed by atoms with Gasteiger partial charge in [-0.1, -0.05) is 0 Å². The molecule has 9 nitrogen and oxygen atoms in total. The number of aliphatic hydroxyl groups is 2. The van der Waals surface area contributed by atoms with Crippen LogP contribution in [0.2, 0.25) is 0 Å². The maximum atomic E-state index is 11.5. The van der Waals surface area contributed by atoms with Gasteiger partial charge in [-0.05, 0) is 0 Å². The summed E-state index contributed by atoms with van der Waals surface area (Å²) in [6.45, 7) is -0.136. The number of aromatic nitrogens is 4. The number of aromatic amines is 1. The van der Waals surface area contributed by atoms with E-state index in [0.717, 1.165) is 0 Å². The van der Waals surface area contributed by atoms with Gasteiger partial charge in [-0.3, -0.25) is 9.78 Å². The van der Waals surface area contributed by atoms with Crippen LogP contribution in [-0.2, 0) is 11.3 Å². The van der Waals surface area contributed by atoms with Gasteiger partial charge in [-0.25, -0.2) is 4.98 Å². The zero-order valence-electron chi connectivity index (χ0n) is 9.41. The highest BCUT2D eigenvalue weighted by molar-refractivity contribution is 5.70. The molecule has 1 unspecified atom stereocenters. The first kappa shape index (κ1) is 12.5. The number of ether oxygens (including phenoxy) is 1. The minimum Gasteiger partial charge on any atom is -0.394 e. The summed E-state index contributed by atoms with van der Waals surface area (Å²) < 4.78 is 6.33. The van der Waals surface area contributed by atoms with Crippen LogP contribution in [0.25, 0.3) is 11.2 Å². The number of hydrogen-bond donors (Lipinski definition) is 4. The molecule has 1 atom stereocenters. The average Bonchev–Trinajstić information content (AvgIpc) is 2.70. The van der Waals surface area contributed by atoms with E-state index in [1.165, 1.54) is 10.9 Å². The van der Waals surface area contributed by atoms with Gasteiger partial charge < -0.3 is 25.3 Å². The van der Waals surface area contributed by atoms with Gasteiger partial charge in [0.1, 0.15) is 0 Å². The Kier molecular flexibility index (Phi) is 3.55. The van der Waals surface area contributed by atoms with Crippen LogP contribution < -0.4 is 11.3 Å². The number of aliphatic hydroxyl groups excluding tert-OH is 2. The van der Waals surface area contributed by atoms with E-state index in [2.05, 4.69) is 15.0 Å². The zero-order valence-corrected chi connectivity index (χ0v) is 9.41. The summed E-state index contributed by atoms with van der Waals surface area (Å²) in [7, 11) is 0. The minimum atomic E-state index is -1.13. The molecular formula is C9H13N5O4. The number of H-pyrrole nitrogens is 1. The Hall–Kier alpha value is -1.97. The summed E-state index contributed by atoms with van der Waals surface area (Å²) in [4.78, 5) is 21.6. The molecule has 2 rings (SSSR count). The number of anilines is 1. The predicted octanol–water partition coefficient (Wildman–Crippen LogP) is -1.97. The van der Waals surface area contributed by atoms with Crippen LogP contribution in [0.3, 0.4) is 0 Å². The molecule has 9 heteroatoms. The van der Waals surface area contributed by atoms with E-state index in [1.54, 1.807) is 0 Å². The van der Waals surface area contributed by atoms with Crippen molar-refractivity contribution in [2.45, 2.75) is 12.8 Å². The van der Waals surface area contributed by atoms with E-state index in [9.17, 15) is 9.90 Å². The normalized spacial score (nSPS) is 13.0. The number of nitrogens with zero attached hydrogens (tertiary/aromatic N) is 3. The lowest BCUT2D eigenvalue weighted by molar-refractivity contribution is -0.114. The summed E-state index contributed by atoms with van der Waals surface area (Å²) in [5.74, 6) is -0.0278. The van der Waals surface area contributed by atoms with Crippen molar-refractivity contribution in [2.24, 2.45) is 0 Å². The first-order valence-electron chi connectivity index (χ1n) is 5.23. The van der Waals surface area contributed by atoms with Crippen LogP contribution in [0.15, 0.2) is 11.1 Å². The molecule has 0 saturated heterocycles. The van der Waals surface area contributed by atoms with Gasteiger partial charge in [0, 0.05) is 0 Å². The van der Waals surface area contributed by atoms with Crippen LogP contribution in [-0.4, -0.2) is 49.2 Å². The van der Waals surface area contributed by atoms with Crippen LogP contribution in [0.1, 0.15) is 0 Å². The number of hydrogen-bond acceptors (Lipinski definition) is 7. The second-order valence-electron chi connectivity index (χ2n) is 3.57. The Morgan fingerprint density at radius 1 is 1.61 bits per heavy atom. The number of nitrogens with one attached hydrogen (secondary N) is 1. The molecule has 98 valence electrons. The smallest absolute Gasteiger partial charge is 0.280 e. The largest absolute Gasteiger partial charge is 0.394 e. The Labute approximate surface area is 101 Å². The predicted molar refractivity (Wildman–Crippen MR) is 61.6 cm³/mol. The zero-order chi connectivity index (χ0) is 13.1. The van der Waals surface area contributed by atoms with Gasteiger partial charge in [-0.2, -0.15) is 4.98 Å². The molecule has 2 heterocycles. The molecule has 0 saturated carbocycles. The van der Waals surface area contributed by atoms with E-state index >= 15 is 0 Å². The number of nitrogens with two attached hydrogens (primary N) is 1. The molecule has 0 aliphatic rings. The SMILES string of the molecule is Nc1nc2c(ncn2CC(O)OCCO)c(=O)[nH]1. The summed E-state index contributed by atoms with van der Waals surface area (Å²) in [5.41, 5.74) is 5.39. The fourth-order valence-electron chi connectivity index (χ4n) is 1.51.